The van der Waals surface area contributed by atoms with E-state index in [-0.39, 0.29) is 5.56 Å². The highest BCUT2D eigenvalue weighted by Crippen LogP contribution is 2.15. The van der Waals surface area contributed by atoms with E-state index in [2.05, 4.69) is 21.2 Å². The van der Waals surface area contributed by atoms with E-state index in [1.165, 1.54) is 12.1 Å². The highest BCUT2D eigenvalue weighted by molar-refractivity contribution is 9.10. The average Bonchev–Trinajstić information content (AvgIpc) is 2.18. The molecule has 0 aliphatic heterocycles. The summed E-state index contributed by atoms with van der Waals surface area (Å²) < 4.78 is 13.7. The first-order valence-corrected chi connectivity index (χ1v) is 4.75. The monoisotopic (exact) mass is 275 g/mol. The number of carboxylic acid groups (broad SMARTS) is 1. The molecular weight excluding hydrogens is 269 g/mol. The van der Waals surface area contributed by atoms with E-state index in [1.807, 2.05) is 0 Å². The zero-order valence-corrected chi connectivity index (χ0v) is 9.04. The van der Waals surface area contributed by atoms with Crippen molar-refractivity contribution in [3.8, 4) is 0 Å². The Morgan fingerprint density at radius 1 is 1.47 bits per heavy atom. The van der Waals surface area contributed by atoms with Gasteiger partial charge >= 0.3 is 5.97 Å². The molecule has 80 valence electrons. The van der Waals surface area contributed by atoms with E-state index in [0.29, 0.717) is 4.47 Å². The lowest BCUT2D eigenvalue weighted by Crippen LogP contribution is -2.29. The summed E-state index contributed by atoms with van der Waals surface area (Å²) >= 11 is 3.08. The lowest BCUT2D eigenvalue weighted by atomic mass is 10.2. The minimum Gasteiger partial charge on any atom is -0.480 e. The molecule has 0 aliphatic carbocycles. The van der Waals surface area contributed by atoms with Crippen LogP contribution in [-0.2, 0) is 4.79 Å². The molecule has 15 heavy (non-hydrogen) atoms. The van der Waals surface area contributed by atoms with E-state index >= 15 is 0 Å². The van der Waals surface area contributed by atoms with Crippen LogP contribution >= 0.6 is 15.9 Å². The van der Waals surface area contributed by atoms with Gasteiger partial charge in [-0.1, -0.05) is 15.9 Å². The topological polar surface area (TPSA) is 66.4 Å². The number of carboxylic acids is 1. The maximum absolute atomic E-state index is 13.1. The summed E-state index contributed by atoms with van der Waals surface area (Å²) in [5, 5.41) is 10.4. The van der Waals surface area contributed by atoms with E-state index in [0.717, 1.165) is 6.07 Å². The largest absolute Gasteiger partial charge is 0.480 e. The van der Waals surface area contributed by atoms with E-state index in [1.54, 1.807) is 0 Å². The number of benzene rings is 1. The predicted octanol–water partition coefficient (Wildman–Crippen LogP) is 1.40. The maximum Gasteiger partial charge on any atom is 0.322 e. The molecule has 0 unspecified atom stereocenters. The van der Waals surface area contributed by atoms with Crippen LogP contribution in [0.3, 0.4) is 0 Å². The van der Waals surface area contributed by atoms with Crippen molar-refractivity contribution in [3.05, 3.63) is 34.1 Å². The van der Waals surface area contributed by atoms with Gasteiger partial charge in [-0.25, -0.2) is 4.39 Å². The quantitative estimate of drug-likeness (QED) is 0.877. The second kappa shape index (κ2) is 4.88. The molecule has 0 saturated carbocycles. The summed E-state index contributed by atoms with van der Waals surface area (Å²) in [7, 11) is 0. The van der Waals surface area contributed by atoms with Gasteiger partial charge in [0.25, 0.3) is 5.91 Å². The second-order valence-corrected chi connectivity index (χ2v) is 3.62. The zero-order valence-electron chi connectivity index (χ0n) is 7.46. The number of amides is 1. The fourth-order valence-electron chi connectivity index (χ4n) is 0.923. The molecule has 1 aromatic rings. The SMILES string of the molecule is O=C(O)CNC(=O)c1cc(Br)ccc1F. The number of carbonyl (C=O) groups excluding carboxylic acids is 1. The van der Waals surface area contributed by atoms with Gasteiger partial charge in [-0.05, 0) is 18.2 Å². The predicted molar refractivity (Wildman–Crippen MR) is 54.1 cm³/mol. The minimum absolute atomic E-state index is 0.189. The number of halogens is 2. The van der Waals surface area contributed by atoms with Gasteiger partial charge in [-0.2, -0.15) is 0 Å². The number of hydrogen-bond donors (Lipinski definition) is 2. The Kier molecular flexibility index (Phi) is 3.79. The fourth-order valence-corrected chi connectivity index (χ4v) is 1.28. The van der Waals surface area contributed by atoms with Crippen LogP contribution in [0.5, 0.6) is 0 Å². The summed E-state index contributed by atoms with van der Waals surface area (Å²) in [4.78, 5) is 21.5. The van der Waals surface area contributed by atoms with Gasteiger partial charge in [-0.15, -0.1) is 0 Å². The molecule has 0 bridgehead atoms. The van der Waals surface area contributed by atoms with Crippen molar-refractivity contribution in [1.82, 2.24) is 5.32 Å². The highest BCUT2D eigenvalue weighted by Gasteiger charge is 2.12. The molecule has 0 fully saturated rings. The lowest BCUT2D eigenvalue weighted by molar-refractivity contribution is -0.135. The Bertz CT molecular complexity index is 408. The van der Waals surface area contributed by atoms with Crippen LogP contribution in [0.25, 0.3) is 0 Å². The minimum atomic E-state index is -1.18. The Hall–Kier alpha value is -1.43. The maximum atomic E-state index is 13.1. The molecule has 0 heterocycles. The molecule has 6 heteroatoms. The number of aliphatic carboxylic acids is 1. The van der Waals surface area contributed by atoms with Crippen LogP contribution < -0.4 is 5.32 Å². The number of nitrogens with one attached hydrogen (secondary N) is 1. The van der Waals surface area contributed by atoms with Crippen molar-refractivity contribution < 1.29 is 19.1 Å². The lowest BCUT2D eigenvalue weighted by Gasteiger charge is -2.03. The van der Waals surface area contributed by atoms with Crippen molar-refractivity contribution in [2.75, 3.05) is 6.54 Å². The summed E-state index contributed by atoms with van der Waals surface area (Å²) in [6, 6.07) is 3.86. The highest BCUT2D eigenvalue weighted by atomic mass is 79.9. The Morgan fingerprint density at radius 2 is 2.13 bits per heavy atom. The van der Waals surface area contributed by atoms with Gasteiger partial charge in [-0.3, -0.25) is 9.59 Å². The van der Waals surface area contributed by atoms with Gasteiger partial charge in [0.15, 0.2) is 0 Å². The Morgan fingerprint density at radius 3 is 2.73 bits per heavy atom. The van der Waals surface area contributed by atoms with Crippen molar-refractivity contribution in [1.29, 1.82) is 0 Å². The van der Waals surface area contributed by atoms with Crippen LogP contribution in [-0.4, -0.2) is 23.5 Å². The smallest absolute Gasteiger partial charge is 0.322 e. The van der Waals surface area contributed by atoms with Crippen LogP contribution in [0.15, 0.2) is 22.7 Å². The van der Waals surface area contributed by atoms with Crippen LogP contribution in [0.4, 0.5) is 4.39 Å². The summed E-state index contributed by atoms with van der Waals surface area (Å²) in [6.45, 7) is -0.537. The third-order valence-electron chi connectivity index (χ3n) is 1.57. The van der Waals surface area contributed by atoms with E-state index in [9.17, 15) is 14.0 Å². The van der Waals surface area contributed by atoms with Crippen molar-refractivity contribution in [2.45, 2.75) is 0 Å². The first-order valence-electron chi connectivity index (χ1n) is 3.95. The van der Waals surface area contributed by atoms with Gasteiger partial charge in [0.05, 0.1) is 5.56 Å². The van der Waals surface area contributed by atoms with Gasteiger partial charge in [0, 0.05) is 4.47 Å². The number of hydrogen-bond acceptors (Lipinski definition) is 2. The second-order valence-electron chi connectivity index (χ2n) is 2.70. The van der Waals surface area contributed by atoms with Gasteiger partial charge in [0.1, 0.15) is 12.4 Å². The Balaban J connectivity index is 2.81. The number of carbonyl (C=O) groups is 2. The van der Waals surface area contributed by atoms with Crippen LogP contribution in [0.2, 0.25) is 0 Å². The average molecular weight is 276 g/mol. The first kappa shape index (κ1) is 11.6. The van der Waals surface area contributed by atoms with Crippen LogP contribution in [0.1, 0.15) is 10.4 Å². The van der Waals surface area contributed by atoms with Crippen molar-refractivity contribution >= 4 is 27.8 Å². The van der Waals surface area contributed by atoms with Crippen LogP contribution in [0, 0.1) is 5.82 Å². The molecule has 0 spiro atoms. The summed E-state index contributed by atoms with van der Waals surface area (Å²) in [5.41, 5.74) is -0.189. The zero-order chi connectivity index (χ0) is 11.4. The van der Waals surface area contributed by atoms with Gasteiger partial charge in [0.2, 0.25) is 0 Å². The molecule has 1 aromatic carbocycles. The van der Waals surface area contributed by atoms with Crippen molar-refractivity contribution in [2.24, 2.45) is 0 Å². The number of rotatable bonds is 3. The molecule has 2 N–H and O–H groups in total. The van der Waals surface area contributed by atoms with Crippen molar-refractivity contribution in [3.63, 3.8) is 0 Å². The summed E-state index contributed by atoms with van der Waals surface area (Å²) in [6.07, 6.45) is 0. The molecule has 0 aromatic heterocycles. The van der Waals surface area contributed by atoms with E-state index in [4.69, 9.17) is 5.11 Å². The normalized spacial score (nSPS) is 9.73. The third-order valence-corrected chi connectivity index (χ3v) is 2.07. The molecule has 0 saturated heterocycles. The molecule has 1 amide bonds. The fraction of sp³-hybridized carbons (Fsp3) is 0.111. The molecule has 0 radical (unpaired) electrons. The molecule has 0 aliphatic rings. The standard InChI is InChI=1S/C9H7BrFNO3/c10-5-1-2-7(11)6(3-5)9(15)12-4-8(13)14/h1-3H,4H2,(H,12,15)(H,13,14). The Labute approximate surface area is 93.2 Å². The third kappa shape index (κ3) is 3.32. The molecule has 4 nitrogen and oxygen atoms in total. The summed E-state index contributed by atoms with van der Waals surface area (Å²) in [5.74, 6) is -2.63. The molecule has 0 atom stereocenters. The molecule has 1 rings (SSSR count). The first-order chi connectivity index (χ1) is 7.00. The van der Waals surface area contributed by atoms with E-state index < -0.39 is 24.2 Å². The van der Waals surface area contributed by atoms with Gasteiger partial charge < -0.3 is 10.4 Å². The molecular formula is C9H7BrFNO3.